The summed E-state index contributed by atoms with van der Waals surface area (Å²) < 4.78 is 5.79. The van der Waals surface area contributed by atoms with E-state index in [1.165, 1.54) is 12.8 Å². The lowest BCUT2D eigenvalue weighted by molar-refractivity contribution is 0.302. The molecule has 3 nitrogen and oxygen atoms in total. The molecule has 3 heteroatoms. The Labute approximate surface area is 84.7 Å². The number of ether oxygens (including phenoxy) is 1. The van der Waals surface area contributed by atoms with E-state index in [2.05, 4.69) is 16.8 Å². The summed E-state index contributed by atoms with van der Waals surface area (Å²) in [4.78, 5) is 6.23. The van der Waals surface area contributed by atoms with Crippen LogP contribution in [0.25, 0.3) is 0 Å². The summed E-state index contributed by atoms with van der Waals surface area (Å²) in [5.41, 5.74) is 2.31. The van der Waals surface area contributed by atoms with Crippen molar-refractivity contribution in [1.82, 2.24) is 4.98 Å². The van der Waals surface area contributed by atoms with Crippen LogP contribution < -0.4 is 9.64 Å². The molecule has 0 saturated heterocycles. The Bertz CT molecular complexity index is 332. The fraction of sp³-hybridized carbons (Fsp3) is 0.545. The molecule has 1 aromatic heterocycles. The molecule has 14 heavy (non-hydrogen) atoms. The molecule has 1 fully saturated rings. The summed E-state index contributed by atoms with van der Waals surface area (Å²) in [7, 11) is 4.06. The first-order valence-corrected chi connectivity index (χ1v) is 4.97. The third-order valence-electron chi connectivity index (χ3n) is 2.33. The molecule has 0 amide bonds. The number of pyridine rings is 1. The first-order chi connectivity index (χ1) is 6.68. The first kappa shape index (κ1) is 9.31. The standard InChI is InChI=1S/C11H16N2O/c1-8-6-12-7-10(11(8)13(2)3)14-9-4-5-9/h6-7,9H,4-5H2,1-3H3. The maximum Gasteiger partial charge on any atom is 0.161 e. The molecule has 0 spiro atoms. The largest absolute Gasteiger partial charge is 0.487 e. The summed E-state index contributed by atoms with van der Waals surface area (Å²) >= 11 is 0. The summed E-state index contributed by atoms with van der Waals surface area (Å²) in [6.07, 6.45) is 6.47. The zero-order valence-corrected chi connectivity index (χ0v) is 8.95. The molecular formula is C11H16N2O. The van der Waals surface area contributed by atoms with E-state index in [1.807, 2.05) is 20.3 Å². The van der Waals surface area contributed by atoms with Gasteiger partial charge in [-0.3, -0.25) is 4.98 Å². The van der Waals surface area contributed by atoms with Crippen molar-refractivity contribution in [3.05, 3.63) is 18.0 Å². The lowest BCUT2D eigenvalue weighted by atomic mass is 10.2. The lowest BCUT2D eigenvalue weighted by Gasteiger charge is -2.19. The Morgan fingerprint density at radius 2 is 2.07 bits per heavy atom. The van der Waals surface area contributed by atoms with Crippen LogP contribution in [-0.4, -0.2) is 25.2 Å². The Kier molecular flexibility index (Phi) is 2.32. The molecule has 0 unspecified atom stereocenters. The average Bonchev–Trinajstić information content (AvgIpc) is 2.87. The summed E-state index contributed by atoms with van der Waals surface area (Å²) in [6, 6.07) is 0. The van der Waals surface area contributed by atoms with Crippen molar-refractivity contribution in [3.8, 4) is 5.75 Å². The van der Waals surface area contributed by atoms with Gasteiger partial charge in [-0.2, -0.15) is 0 Å². The van der Waals surface area contributed by atoms with Crippen LogP contribution in [-0.2, 0) is 0 Å². The summed E-state index contributed by atoms with van der Waals surface area (Å²) in [5, 5.41) is 0. The van der Waals surface area contributed by atoms with E-state index in [0.717, 1.165) is 17.0 Å². The van der Waals surface area contributed by atoms with Crippen LogP contribution in [0.1, 0.15) is 18.4 Å². The van der Waals surface area contributed by atoms with Crippen molar-refractivity contribution >= 4 is 5.69 Å². The van der Waals surface area contributed by atoms with E-state index in [0.29, 0.717) is 6.10 Å². The lowest BCUT2D eigenvalue weighted by Crippen LogP contribution is -2.13. The minimum atomic E-state index is 0.428. The van der Waals surface area contributed by atoms with Crippen LogP contribution in [0.4, 0.5) is 5.69 Å². The minimum Gasteiger partial charge on any atom is -0.487 e. The highest BCUT2D eigenvalue weighted by Crippen LogP contribution is 2.34. The second-order valence-electron chi connectivity index (χ2n) is 4.01. The van der Waals surface area contributed by atoms with Crippen molar-refractivity contribution in [2.24, 2.45) is 0 Å². The average molecular weight is 192 g/mol. The van der Waals surface area contributed by atoms with Crippen LogP contribution in [0.2, 0.25) is 0 Å². The highest BCUT2D eigenvalue weighted by atomic mass is 16.5. The number of aromatic nitrogens is 1. The molecular weight excluding hydrogens is 176 g/mol. The Morgan fingerprint density at radius 3 is 2.64 bits per heavy atom. The Balaban J connectivity index is 2.30. The van der Waals surface area contributed by atoms with Crippen molar-refractivity contribution in [1.29, 1.82) is 0 Å². The van der Waals surface area contributed by atoms with Gasteiger partial charge in [-0.1, -0.05) is 0 Å². The van der Waals surface area contributed by atoms with Crippen LogP contribution in [0.15, 0.2) is 12.4 Å². The van der Waals surface area contributed by atoms with E-state index in [-0.39, 0.29) is 0 Å². The van der Waals surface area contributed by atoms with Gasteiger partial charge in [0, 0.05) is 20.3 Å². The number of hydrogen-bond acceptors (Lipinski definition) is 3. The van der Waals surface area contributed by atoms with Crippen LogP contribution in [0.3, 0.4) is 0 Å². The first-order valence-electron chi connectivity index (χ1n) is 4.97. The van der Waals surface area contributed by atoms with Gasteiger partial charge >= 0.3 is 0 Å². The highest BCUT2D eigenvalue weighted by Gasteiger charge is 2.25. The zero-order valence-electron chi connectivity index (χ0n) is 8.95. The van der Waals surface area contributed by atoms with Crippen molar-refractivity contribution < 1.29 is 4.74 Å². The molecule has 1 aromatic rings. The fourth-order valence-electron chi connectivity index (χ4n) is 1.56. The second kappa shape index (κ2) is 3.48. The summed E-state index contributed by atoms with van der Waals surface area (Å²) in [6.45, 7) is 2.06. The maximum atomic E-state index is 5.79. The third-order valence-corrected chi connectivity index (χ3v) is 2.33. The predicted molar refractivity (Wildman–Crippen MR) is 57.0 cm³/mol. The van der Waals surface area contributed by atoms with E-state index >= 15 is 0 Å². The molecule has 0 aliphatic heterocycles. The van der Waals surface area contributed by atoms with Crippen LogP contribution in [0, 0.1) is 6.92 Å². The smallest absolute Gasteiger partial charge is 0.161 e. The maximum absolute atomic E-state index is 5.79. The van der Waals surface area contributed by atoms with Gasteiger partial charge in [-0.05, 0) is 25.3 Å². The van der Waals surface area contributed by atoms with Crippen LogP contribution >= 0.6 is 0 Å². The number of anilines is 1. The molecule has 0 aromatic carbocycles. The SMILES string of the molecule is Cc1cncc(OC2CC2)c1N(C)C. The molecule has 1 heterocycles. The monoisotopic (exact) mass is 192 g/mol. The number of rotatable bonds is 3. The summed E-state index contributed by atoms with van der Waals surface area (Å²) in [5.74, 6) is 0.914. The minimum absolute atomic E-state index is 0.428. The topological polar surface area (TPSA) is 25.4 Å². The van der Waals surface area contributed by atoms with Crippen LogP contribution in [0.5, 0.6) is 5.75 Å². The molecule has 1 saturated carbocycles. The predicted octanol–water partition coefficient (Wildman–Crippen LogP) is 2.00. The van der Waals surface area contributed by atoms with Crippen molar-refractivity contribution in [2.45, 2.75) is 25.9 Å². The molecule has 0 N–H and O–H groups in total. The molecule has 1 aliphatic carbocycles. The zero-order chi connectivity index (χ0) is 10.1. The number of hydrogen-bond donors (Lipinski definition) is 0. The van der Waals surface area contributed by atoms with Crippen molar-refractivity contribution in [2.75, 3.05) is 19.0 Å². The molecule has 0 radical (unpaired) electrons. The second-order valence-corrected chi connectivity index (χ2v) is 4.01. The molecule has 0 atom stereocenters. The normalized spacial score (nSPS) is 15.4. The Hall–Kier alpha value is -1.25. The van der Waals surface area contributed by atoms with Gasteiger partial charge in [-0.15, -0.1) is 0 Å². The Morgan fingerprint density at radius 1 is 1.36 bits per heavy atom. The molecule has 76 valence electrons. The molecule has 2 rings (SSSR count). The van der Waals surface area contributed by atoms with Gasteiger partial charge in [-0.25, -0.2) is 0 Å². The fourth-order valence-corrected chi connectivity index (χ4v) is 1.56. The van der Waals surface area contributed by atoms with E-state index in [9.17, 15) is 0 Å². The van der Waals surface area contributed by atoms with E-state index in [4.69, 9.17) is 4.74 Å². The third kappa shape index (κ3) is 1.81. The van der Waals surface area contributed by atoms with Gasteiger partial charge in [0.1, 0.15) is 0 Å². The van der Waals surface area contributed by atoms with E-state index < -0.39 is 0 Å². The van der Waals surface area contributed by atoms with Gasteiger partial charge < -0.3 is 9.64 Å². The van der Waals surface area contributed by atoms with E-state index in [1.54, 1.807) is 6.20 Å². The van der Waals surface area contributed by atoms with Gasteiger partial charge in [0.15, 0.2) is 5.75 Å². The quantitative estimate of drug-likeness (QED) is 0.732. The number of nitrogens with zero attached hydrogens (tertiary/aromatic N) is 2. The molecule has 0 bridgehead atoms. The van der Waals surface area contributed by atoms with Gasteiger partial charge in [0.25, 0.3) is 0 Å². The number of aryl methyl sites for hydroxylation is 1. The molecule has 1 aliphatic rings. The highest BCUT2D eigenvalue weighted by molar-refractivity contribution is 5.61. The van der Waals surface area contributed by atoms with Gasteiger partial charge in [0.05, 0.1) is 18.0 Å². The van der Waals surface area contributed by atoms with Gasteiger partial charge in [0.2, 0.25) is 0 Å². The van der Waals surface area contributed by atoms with Crippen molar-refractivity contribution in [3.63, 3.8) is 0 Å².